The Labute approximate surface area is 222 Å². The first-order valence-electron chi connectivity index (χ1n) is 13.4. The van der Waals surface area contributed by atoms with Crippen molar-refractivity contribution in [3.8, 4) is 0 Å². The highest BCUT2D eigenvalue weighted by molar-refractivity contribution is 5.87. The highest BCUT2D eigenvalue weighted by Crippen LogP contribution is 2.65. The van der Waals surface area contributed by atoms with Crippen LogP contribution < -0.4 is 0 Å². The SMILES string of the molecule is C[C@@H]1[C@@H](OC(=O)/C=C/c2ccccc2)[C@H](O)[C@]2(C)[C@H](C(=O)CC[C@]2(O)CO)[C@@]1(C)[C@@H]1C[C@@]2(O)CCO[C@H]2O1. The van der Waals surface area contributed by atoms with E-state index in [4.69, 9.17) is 14.2 Å². The van der Waals surface area contributed by atoms with E-state index in [-0.39, 0.29) is 25.0 Å². The average Bonchev–Trinajstić information content (AvgIpc) is 3.42. The van der Waals surface area contributed by atoms with Crippen LogP contribution in [0.4, 0.5) is 0 Å². The fourth-order valence-electron chi connectivity index (χ4n) is 7.68. The molecule has 5 rings (SSSR count). The van der Waals surface area contributed by atoms with Crippen molar-refractivity contribution in [2.45, 2.75) is 82.3 Å². The van der Waals surface area contributed by atoms with E-state index in [1.54, 1.807) is 19.9 Å². The topological polar surface area (TPSA) is 143 Å². The minimum Gasteiger partial charge on any atom is -0.456 e. The van der Waals surface area contributed by atoms with Crippen LogP contribution >= 0.6 is 0 Å². The quantitative estimate of drug-likeness (QED) is 0.330. The molecule has 0 radical (unpaired) electrons. The van der Waals surface area contributed by atoms with Crippen molar-refractivity contribution in [3.05, 3.63) is 42.0 Å². The number of hydrogen-bond acceptors (Lipinski definition) is 9. The first-order chi connectivity index (χ1) is 17.9. The maximum absolute atomic E-state index is 13.6. The number of aliphatic hydroxyl groups is 4. The molecule has 9 heteroatoms. The molecule has 2 aliphatic heterocycles. The highest BCUT2D eigenvalue weighted by Gasteiger charge is 2.74. The van der Waals surface area contributed by atoms with E-state index >= 15 is 0 Å². The number of Topliss-reactive ketones (excluding diaryl/α,β-unsaturated/α-hetero) is 1. The van der Waals surface area contributed by atoms with Crippen LogP contribution in [-0.2, 0) is 23.8 Å². The van der Waals surface area contributed by atoms with Gasteiger partial charge in [0.15, 0.2) is 6.29 Å². The molecular formula is C29H38O9. The van der Waals surface area contributed by atoms with Crippen molar-refractivity contribution in [2.75, 3.05) is 13.2 Å². The van der Waals surface area contributed by atoms with Gasteiger partial charge in [0, 0.05) is 48.0 Å². The maximum Gasteiger partial charge on any atom is 0.331 e. The summed E-state index contributed by atoms with van der Waals surface area (Å²) in [5, 5.41) is 44.9. The molecule has 0 spiro atoms. The van der Waals surface area contributed by atoms with Gasteiger partial charge in [-0.2, -0.15) is 0 Å². The summed E-state index contributed by atoms with van der Waals surface area (Å²) < 4.78 is 17.7. The van der Waals surface area contributed by atoms with Gasteiger partial charge in [-0.1, -0.05) is 51.1 Å². The smallest absolute Gasteiger partial charge is 0.331 e. The zero-order valence-corrected chi connectivity index (χ0v) is 22.1. The molecule has 1 aromatic carbocycles. The second kappa shape index (κ2) is 9.50. The lowest BCUT2D eigenvalue weighted by molar-refractivity contribution is -0.294. The predicted molar refractivity (Wildman–Crippen MR) is 135 cm³/mol. The number of rotatable bonds is 5. The van der Waals surface area contributed by atoms with Crippen molar-refractivity contribution in [3.63, 3.8) is 0 Å². The first kappa shape index (κ1) is 27.4. The second-order valence-corrected chi connectivity index (χ2v) is 12.0. The van der Waals surface area contributed by atoms with Gasteiger partial charge in [-0.15, -0.1) is 0 Å². The molecule has 2 aliphatic carbocycles. The van der Waals surface area contributed by atoms with Gasteiger partial charge < -0.3 is 34.6 Å². The Bertz CT molecular complexity index is 1110. The summed E-state index contributed by atoms with van der Waals surface area (Å²) >= 11 is 0. The highest BCUT2D eigenvalue weighted by atomic mass is 16.7. The maximum atomic E-state index is 13.6. The fraction of sp³-hybridized carbons (Fsp3) is 0.655. The summed E-state index contributed by atoms with van der Waals surface area (Å²) in [4.78, 5) is 26.6. The molecule has 9 nitrogen and oxygen atoms in total. The summed E-state index contributed by atoms with van der Waals surface area (Å²) in [5.74, 6) is -2.40. The van der Waals surface area contributed by atoms with Crippen LogP contribution in [0.15, 0.2) is 36.4 Å². The van der Waals surface area contributed by atoms with Crippen molar-refractivity contribution in [1.29, 1.82) is 0 Å². The molecule has 4 fully saturated rings. The zero-order chi connectivity index (χ0) is 27.5. The molecule has 0 aromatic heterocycles. The van der Waals surface area contributed by atoms with Gasteiger partial charge >= 0.3 is 5.97 Å². The standard InChI is InChI=1S/C29H38O9/c1-17-22(38-21(32)10-9-18-7-5-4-6-8-18)24(33)27(3)23(19(31)11-12-29(27,35)16-30)26(17,2)20-15-28(34)13-14-36-25(28)37-20/h4-10,17,20,22-25,30,33-35H,11-16H2,1-3H3/b10-9+/t17-,20+,22-,23-,24+,25+,26-,27+,28+,29+/m1/s1. The van der Waals surface area contributed by atoms with Gasteiger partial charge in [-0.3, -0.25) is 4.79 Å². The molecular weight excluding hydrogens is 492 g/mol. The van der Waals surface area contributed by atoms with Gasteiger partial charge in [0.2, 0.25) is 0 Å². The molecule has 208 valence electrons. The fourth-order valence-corrected chi connectivity index (χ4v) is 7.68. The predicted octanol–water partition coefficient (Wildman–Crippen LogP) is 1.60. The molecule has 0 amide bonds. The normalized spacial score (nSPS) is 46.7. The van der Waals surface area contributed by atoms with E-state index in [0.29, 0.717) is 13.0 Å². The van der Waals surface area contributed by atoms with E-state index in [9.17, 15) is 30.0 Å². The molecule has 2 saturated carbocycles. The molecule has 0 bridgehead atoms. The Morgan fingerprint density at radius 3 is 2.55 bits per heavy atom. The zero-order valence-electron chi connectivity index (χ0n) is 22.1. The van der Waals surface area contributed by atoms with Crippen molar-refractivity contribution >= 4 is 17.8 Å². The summed E-state index contributed by atoms with van der Waals surface area (Å²) in [6, 6.07) is 9.22. The summed E-state index contributed by atoms with van der Waals surface area (Å²) in [6.45, 7) is 4.90. The lowest BCUT2D eigenvalue weighted by atomic mass is 9.41. The van der Waals surface area contributed by atoms with Crippen LogP contribution in [0.2, 0.25) is 0 Å². The summed E-state index contributed by atoms with van der Waals surface area (Å²) in [7, 11) is 0. The molecule has 10 atom stereocenters. The van der Waals surface area contributed by atoms with Gasteiger partial charge in [0.05, 0.1) is 24.9 Å². The Kier molecular flexibility index (Phi) is 6.86. The van der Waals surface area contributed by atoms with Crippen LogP contribution in [0.5, 0.6) is 0 Å². The molecule has 0 unspecified atom stereocenters. The molecule has 4 N–H and O–H groups in total. The number of esters is 1. The van der Waals surface area contributed by atoms with Crippen LogP contribution in [0, 0.1) is 22.7 Å². The number of carbonyl (C=O) groups is 2. The van der Waals surface area contributed by atoms with Crippen molar-refractivity contribution in [2.24, 2.45) is 22.7 Å². The lowest BCUT2D eigenvalue weighted by Gasteiger charge is -2.66. The van der Waals surface area contributed by atoms with E-state index in [2.05, 4.69) is 0 Å². The monoisotopic (exact) mass is 530 g/mol. The Morgan fingerprint density at radius 1 is 1.18 bits per heavy atom. The van der Waals surface area contributed by atoms with E-state index < -0.39 is 71.0 Å². The van der Waals surface area contributed by atoms with Gasteiger partial charge in [0.25, 0.3) is 0 Å². The van der Waals surface area contributed by atoms with Crippen LogP contribution in [0.3, 0.4) is 0 Å². The molecule has 1 aromatic rings. The molecule has 38 heavy (non-hydrogen) atoms. The van der Waals surface area contributed by atoms with Gasteiger partial charge in [0.1, 0.15) is 23.6 Å². The summed E-state index contributed by atoms with van der Waals surface area (Å²) in [5.41, 5.74) is -4.86. The molecule has 2 heterocycles. The second-order valence-electron chi connectivity index (χ2n) is 12.0. The van der Waals surface area contributed by atoms with E-state index in [0.717, 1.165) is 5.56 Å². The number of ether oxygens (including phenoxy) is 3. The Balaban J connectivity index is 1.54. The molecule has 4 aliphatic rings. The number of benzene rings is 1. The van der Waals surface area contributed by atoms with Gasteiger partial charge in [-0.05, 0) is 18.1 Å². The van der Waals surface area contributed by atoms with Crippen LogP contribution in [-0.4, -0.2) is 81.2 Å². The van der Waals surface area contributed by atoms with Crippen LogP contribution in [0.1, 0.15) is 52.0 Å². The molecule has 2 saturated heterocycles. The number of carbonyl (C=O) groups excluding carboxylic acids is 2. The number of ketones is 1. The lowest BCUT2D eigenvalue weighted by Crippen LogP contribution is -2.76. The average molecular weight is 531 g/mol. The third-order valence-electron chi connectivity index (χ3n) is 10.2. The minimum absolute atomic E-state index is 0.0214. The van der Waals surface area contributed by atoms with Gasteiger partial charge in [-0.25, -0.2) is 4.79 Å². The minimum atomic E-state index is -1.81. The van der Waals surface area contributed by atoms with E-state index in [1.165, 1.54) is 6.08 Å². The summed E-state index contributed by atoms with van der Waals surface area (Å²) in [6.07, 6.45) is -0.660. The van der Waals surface area contributed by atoms with E-state index in [1.807, 2.05) is 37.3 Å². The Morgan fingerprint density at radius 2 is 1.89 bits per heavy atom. The van der Waals surface area contributed by atoms with Crippen molar-refractivity contribution in [1.82, 2.24) is 0 Å². The number of fused-ring (bicyclic) bond motifs is 2. The number of aliphatic hydroxyl groups excluding tert-OH is 2. The van der Waals surface area contributed by atoms with Crippen LogP contribution in [0.25, 0.3) is 6.08 Å². The largest absolute Gasteiger partial charge is 0.456 e. The third-order valence-corrected chi connectivity index (χ3v) is 10.2. The Hall–Kier alpha value is -2.14. The van der Waals surface area contributed by atoms with Crippen molar-refractivity contribution < 1.29 is 44.2 Å². The number of hydrogen-bond donors (Lipinski definition) is 4. The first-order valence-corrected chi connectivity index (χ1v) is 13.4. The third kappa shape index (κ3) is 3.90.